The summed E-state index contributed by atoms with van der Waals surface area (Å²) in [7, 11) is 0. The lowest BCUT2D eigenvalue weighted by molar-refractivity contribution is -0.123. The van der Waals surface area contributed by atoms with E-state index >= 15 is 0 Å². The van der Waals surface area contributed by atoms with Crippen LogP contribution in [0.4, 0.5) is 17.6 Å². The van der Waals surface area contributed by atoms with Crippen molar-refractivity contribution in [2.45, 2.75) is 19.3 Å². The summed E-state index contributed by atoms with van der Waals surface area (Å²) in [5.74, 6) is -5.04. The minimum Gasteiger partial charge on any atom is -0.346 e. The highest BCUT2D eigenvalue weighted by Gasteiger charge is 2.40. The van der Waals surface area contributed by atoms with E-state index in [0.717, 1.165) is 0 Å². The molecule has 0 aliphatic rings. The predicted octanol–water partition coefficient (Wildman–Crippen LogP) is 3.39. The molecule has 0 bridgehead atoms. The second kappa shape index (κ2) is 5.69. The van der Waals surface area contributed by atoms with E-state index < -0.39 is 24.8 Å². The lowest BCUT2D eigenvalue weighted by Gasteiger charge is -2.16. The fraction of sp³-hybridized carbons (Fsp3) is 0.364. The molecule has 1 amide bonds. The molecule has 0 unspecified atom stereocenters. The number of hydrogen-bond acceptors (Lipinski definition) is 1. The molecule has 1 N–H and O–H groups in total. The standard InChI is InChI=1S/C11H10BrF4NO/c1-6-7(3-2-4-8(6)12)9(18)17-5-11(15,16)10(13)14/h2-4,10H,5H2,1H3,(H,17,18). The van der Waals surface area contributed by atoms with Crippen molar-refractivity contribution in [1.82, 2.24) is 5.32 Å². The summed E-state index contributed by atoms with van der Waals surface area (Å²) < 4.78 is 49.7. The molecule has 1 aromatic carbocycles. The van der Waals surface area contributed by atoms with Crippen molar-refractivity contribution in [1.29, 1.82) is 0 Å². The van der Waals surface area contributed by atoms with Crippen LogP contribution in [-0.2, 0) is 0 Å². The second-order valence-electron chi connectivity index (χ2n) is 3.66. The molecule has 0 aliphatic heterocycles. The minimum absolute atomic E-state index is 0.162. The third-order valence-corrected chi connectivity index (χ3v) is 3.18. The number of alkyl halides is 4. The number of carbonyl (C=O) groups is 1. The maximum absolute atomic E-state index is 12.6. The Kier molecular flexibility index (Phi) is 4.72. The van der Waals surface area contributed by atoms with E-state index in [9.17, 15) is 22.4 Å². The van der Waals surface area contributed by atoms with Crippen LogP contribution in [-0.4, -0.2) is 24.8 Å². The van der Waals surface area contributed by atoms with E-state index in [-0.39, 0.29) is 5.56 Å². The molecule has 0 spiro atoms. The molecule has 7 heteroatoms. The average molecular weight is 328 g/mol. The largest absolute Gasteiger partial charge is 0.346 e. The molecule has 0 atom stereocenters. The first-order valence-electron chi connectivity index (χ1n) is 4.95. The Hall–Kier alpha value is -1.11. The van der Waals surface area contributed by atoms with Crippen LogP contribution in [0.1, 0.15) is 15.9 Å². The van der Waals surface area contributed by atoms with Gasteiger partial charge in [-0.1, -0.05) is 22.0 Å². The highest BCUT2D eigenvalue weighted by atomic mass is 79.9. The van der Waals surface area contributed by atoms with Gasteiger partial charge in [-0.3, -0.25) is 4.79 Å². The molecule has 0 radical (unpaired) electrons. The van der Waals surface area contributed by atoms with Gasteiger partial charge >= 0.3 is 12.3 Å². The Morgan fingerprint density at radius 2 is 2.06 bits per heavy atom. The maximum Gasteiger partial charge on any atom is 0.324 e. The fourth-order valence-corrected chi connectivity index (χ4v) is 1.59. The molecule has 0 aliphatic carbocycles. The summed E-state index contributed by atoms with van der Waals surface area (Å²) in [5, 5.41) is 1.80. The monoisotopic (exact) mass is 327 g/mol. The average Bonchev–Trinajstić information content (AvgIpc) is 2.29. The van der Waals surface area contributed by atoms with Gasteiger partial charge in [0.2, 0.25) is 0 Å². The zero-order valence-electron chi connectivity index (χ0n) is 9.31. The molecular formula is C11H10BrF4NO. The number of amides is 1. The Bertz CT molecular complexity index is 451. The van der Waals surface area contributed by atoms with Gasteiger partial charge in [-0.25, -0.2) is 8.78 Å². The SMILES string of the molecule is Cc1c(Br)cccc1C(=O)NCC(F)(F)C(F)F. The van der Waals surface area contributed by atoms with E-state index in [1.165, 1.54) is 6.07 Å². The lowest BCUT2D eigenvalue weighted by Crippen LogP contribution is -2.41. The summed E-state index contributed by atoms with van der Waals surface area (Å²) >= 11 is 3.18. The van der Waals surface area contributed by atoms with Crippen LogP contribution >= 0.6 is 15.9 Å². The molecule has 0 saturated carbocycles. The van der Waals surface area contributed by atoms with Gasteiger partial charge in [0, 0.05) is 10.0 Å². The van der Waals surface area contributed by atoms with Crippen molar-refractivity contribution in [2.24, 2.45) is 0 Å². The molecule has 0 aromatic heterocycles. The summed E-state index contributed by atoms with van der Waals surface area (Å²) in [4.78, 5) is 11.6. The van der Waals surface area contributed by atoms with Gasteiger partial charge in [-0.2, -0.15) is 8.78 Å². The number of nitrogens with one attached hydrogen (secondary N) is 1. The number of benzene rings is 1. The van der Waals surface area contributed by atoms with Crippen LogP contribution in [0.15, 0.2) is 22.7 Å². The first-order chi connectivity index (χ1) is 8.25. The smallest absolute Gasteiger partial charge is 0.324 e. The van der Waals surface area contributed by atoms with E-state index in [4.69, 9.17) is 0 Å². The topological polar surface area (TPSA) is 29.1 Å². The van der Waals surface area contributed by atoms with Gasteiger partial charge in [0.15, 0.2) is 0 Å². The van der Waals surface area contributed by atoms with Crippen molar-refractivity contribution < 1.29 is 22.4 Å². The highest BCUT2D eigenvalue weighted by Crippen LogP contribution is 2.22. The molecule has 0 fully saturated rings. The van der Waals surface area contributed by atoms with Gasteiger partial charge in [0.1, 0.15) is 0 Å². The van der Waals surface area contributed by atoms with E-state index in [1.807, 2.05) is 0 Å². The number of carbonyl (C=O) groups excluding carboxylic acids is 1. The molecule has 0 saturated heterocycles. The van der Waals surface area contributed by atoms with Gasteiger partial charge < -0.3 is 5.32 Å². The van der Waals surface area contributed by atoms with Crippen LogP contribution in [0.5, 0.6) is 0 Å². The van der Waals surface area contributed by atoms with Gasteiger partial charge in [-0.15, -0.1) is 0 Å². The molecule has 2 nitrogen and oxygen atoms in total. The quantitative estimate of drug-likeness (QED) is 0.844. The Morgan fingerprint density at radius 1 is 1.44 bits per heavy atom. The van der Waals surface area contributed by atoms with Gasteiger partial charge in [-0.05, 0) is 24.6 Å². The molecule has 1 aromatic rings. The van der Waals surface area contributed by atoms with Crippen LogP contribution in [0.2, 0.25) is 0 Å². The van der Waals surface area contributed by atoms with Crippen molar-refractivity contribution in [2.75, 3.05) is 6.54 Å². The minimum atomic E-state index is -4.23. The summed E-state index contributed by atoms with van der Waals surface area (Å²) in [6, 6.07) is 4.66. The zero-order valence-corrected chi connectivity index (χ0v) is 10.9. The van der Waals surface area contributed by atoms with Crippen molar-refractivity contribution in [3.05, 3.63) is 33.8 Å². The Morgan fingerprint density at radius 3 is 2.61 bits per heavy atom. The van der Waals surface area contributed by atoms with Crippen LogP contribution < -0.4 is 5.32 Å². The Labute approximate surface area is 109 Å². The summed E-state index contributed by atoms with van der Waals surface area (Å²) in [5.41, 5.74) is 0.713. The second-order valence-corrected chi connectivity index (χ2v) is 4.51. The summed E-state index contributed by atoms with van der Waals surface area (Å²) in [6.07, 6.45) is -3.80. The summed E-state index contributed by atoms with van der Waals surface area (Å²) in [6.45, 7) is 0.222. The normalized spacial score (nSPS) is 11.7. The predicted molar refractivity (Wildman–Crippen MR) is 62.2 cm³/mol. The van der Waals surface area contributed by atoms with Crippen LogP contribution in [0, 0.1) is 6.92 Å². The fourth-order valence-electron chi connectivity index (χ4n) is 1.22. The number of rotatable bonds is 4. The molecule has 1 rings (SSSR count). The van der Waals surface area contributed by atoms with Crippen LogP contribution in [0.3, 0.4) is 0 Å². The van der Waals surface area contributed by atoms with E-state index in [1.54, 1.807) is 24.4 Å². The molecule has 100 valence electrons. The lowest BCUT2D eigenvalue weighted by atomic mass is 10.1. The van der Waals surface area contributed by atoms with Crippen molar-refractivity contribution in [3.63, 3.8) is 0 Å². The maximum atomic E-state index is 12.6. The zero-order chi connectivity index (χ0) is 13.9. The Balaban J connectivity index is 2.75. The van der Waals surface area contributed by atoms with Gasteiger partial charge in [0.25, 0.3) is 5.91 Å². The first kappa shape index (κ1) is 14.9. The molecular weight excluding hydrogens is 318 g/mol. The molecule has 18 heavy (non-hydrogen) atoms. The number of hydrogen-bond donors (Lipinski definition) is 1. The third-order valence-electron chi connectivity index (χ3n) is 2.32. The van der Waals surface area contributed by atoms with E-state index in [0.29, 0.717) is 10.0 Å². The first-order valence-corrected chi connectivity index (χ1v) is 5.74. The highest BCUT2D eigenvalue weighted by molar-refractivity contribution is 9.10. The van der Waals surface area contributed by atoms with Crippen molar-refractivity contribution >= 4 is 21.8 Å². The van der Waals surface area contributed by atoms with Gasteiger partial charge in [0.05, 0.1) is 6.54 Å². The van der Waals surface area contributed by atoms with E-state index in [2.05, 4.69) is 15.9 Å². The van der Waals surface area contributed by atoms with Crippen molar-refractivity contribution in [3.8, 4) is 0 Å². The number of halogens is 5. The molecule has 0 heterocycles. The van der Waals surface area contributed by atoms with Crippen LogP contribution in [0.25, 0.3) is 0 Å². The third kappa shape index (κ3) is 3.44.